The Morgan fingerprint density at radius 1 is 1.82 bits per heavy atom. The van der Waals surface area contributed by atoms with Crippen molar-refractivity contribution in [2.24, 2.45) is 5.73 Å². The number of amides is 1. The molecular formula is C6H11N3OS. The van der Waals surface area contributed by atoms with Crippen LogP contribution in [-0.2, 0) is 4.79 Å². The summed E-state index contributed by atoms with van der Waals surface area (Å²) in [7, 11) is 0. The molecular weight excluding hydrogens is 162 g/mol. The first-order chi connectivity index (χ1) is 5.20. The molecule has 1 atom stereocenters. The lowest BCUT2D eigenvalue weighted by atomic mass is 10.1. The summed E-state index contributed by atoms with van der Waals surface area (Å²) < 4.78 is 0. The number of carbonyl (C=O) groups is 1. The van der Waals surface area contributed by atoms with Crippen LogP contribution in [0.2, 0.25) is 0 Å². The third kappa shape index (κ3) is 2.34. The quantitative estimate of drug-likeness (QED) is 0.449. The van der Waals surface area contributed by atoms with Gasteiger partial charge in [-0.3, -0.25) is 4.79 Å². The zero-order chi connectivity index (χ0) is 8.27. The van der Waals surface area contributed by atoms with Crippen LogP contribution in [0.15, 0.2) is 0 Å². The van der Waals surface area contributed by atoms with Crippen molar-refractivity contribution in [3.05, 3.63) is 0 Å². The molecule has 1 rings (SSSR count). The van der Waals surface area contributed by atoms with Gasteiger partial charge in [0.1, 0.15) is 6.04 Å². The Kier molecular flexibility index (Phi) is 2.64. The van der Waals surface area contributed by atoms with Gasteiger partial charge in [-0.25, -0.2) is 0 Å². The van der Waals surface area contributed by atoms with E-state index in [0.717, 1.165) is 19.4 Å². The van der Waals surface area contributed by atoms with Crippen molar-refractivity contribution in [1.29, 1.82) is 0 Å². The van der Waals surface area contributed by atoms with Crippen molar-refractivity contribution >= 4 is 23.2 Å². The fourth-order valence-electron chi connectivity index (χ4n) is 1.08. The molecule has 1 amide bonds. The lowest BCUT2D eigenvalue weighted by Gasteiger charge is -2.22. The average molecular weight is 173 g/mol. The number of nitrogens with one attached hydrogen (secondary N) is 2. The van der Waals surface area contributed by atoms with E-state index in [1.165, 1.54) is 0 Å². The lowest BCUT2D eigenvalue weighted by molar-refractivity contribution is -0.124. The molecule has 5 heteroatoms. The molecule has 0 bridgehead atoms. The second-order valence-electron chi connectivity index (χ2n) is 2.49. The van der Waals surface area contributed by atoms with Crippen LogP contribution in [0.3, 0.4) is 0 Å². The number of hydrogen-bond donors (Lipinski definition) is 3. The first kappa shape index (κ1) is 8.26. The summed E-state index contributed by atoms with van der Waals surface area (Å²) in [6, 6.07) is -0.221. The van der Waals surface area contributed by atoms with Crippen LogP contribution in [0.25, 0.3) is 0 Å². The van der Waals surface area contributed by atoms with Crippen molar-refractivity contribution < 1.29 is 4.79 Å². The van der Waals surface area contributed by atoms with E-state index in [9.17, 15) is 4.79 Å². The first-order valence-electron chi connectivity index (χ1n) is 3.54. The summed E-state index contributed by atoms with van der Waals surface area (Å²) in [5.74, 6) is -0.0101. The molecule has 4 nitrogen and oxygen atoms in total. The van der Waals surface area contributed by atoms with Gasteiger partial charge in [-0.1, -0.05) is 0 Å². The third-order valence-corrected chi connectivity index (χ3v) is 1.72. The highest BCUT2D eigenvalue weighted by atomic mass is 32.1. The Labute approximate surface area is 70.5 Å². The molecule has 1 saturated heterocycles. The van der Waals surface area contributed by atoms with Crippen LogP contribution in [0.4, 0.5) is 0 Å². The average Bonchev–Trinajstić information content (AvgIpc) is 1.93. The van der Waals surface area contributed by atoms with Crippen LogP contribution in [-0.4, -0.2) is 23.6 Å². The minimum absolute atomic E-state index is 0.0101. The maximum Gasteiger partial charge on any atom is 0.242 e. The molecule has 0 aromatic carbocycles. The molecule has 1 aliphatic heterocycles. The monoisotopic (exact) mass is 173 g/mol. The smallest absolute Gasteiger partial charge is 0.242 e. The molecule has 11 heavy (non-hydrogen) atoms. The molecule has 0 aromatic heterocycles. The van der Waals surface area contributed by atoms with Gasteiger partial charge in [-0.05, 0) is 25.1 Å². The molecule has 1 unspecified atom stereocenters. The predicted molar refractivity (Wildman–Crippen MR) is 46.0 cm³/mol. The second-order valence-corrected chi connectivity index (χ2v) is 2.93. The van der Waals surface area contributed by atoms with Gasteiger partial charge < -0.3 is 16.4 Å². The van der Waals surface area contributed by atoms with Crippen molar-refractivity contribution in [2.45, 2.75) is 18.9 Å². The Morgan fingerprint density at radius 2 is 2.55 bits per heavy atom. The van der Waals surface area contributed by atoms with E-state index in [0.29, 0.717) is 0 Å². The number of thiocarbonyl (C=S) groups is 1. The van der Waals surface area contributed by atoms with Gasteiger partial charge in [-0.15, -0.1) is 0 Å². The summed E-state index contributed by atoms with van der Waals surface area (Å²) in [6.45, 7) is 0.758. The van der Waals surface area contributed by atoms with Gasteiger partial charge in [0.15, 0.2) is 5.11 Å². The fraction of sp³-hybridized carbons (Fsp3) is 0.667. The van der Waals surface area contributed by atoms with Crippen molar-refractivity contribution in [1.82, 2.24) is 10.6 Å². The number of carbonyl (C=O) groups excluding carboxylic acids is 1. The largest absolute Gasteiger partial charge is 0.376 e. The standard InChI is InChI=1S/C6H11N3OS/c7-6(11)9-4-2-1-3-8-5(4)10/h4H,1-3H2,(H,8,10)(H3,7,9,11). The molecule has 4 N–H and O–H groups in total. The molecule has 0 aromatic rings. The minimum Gasteiger partial charge on any atom is -0.376 e. The van der Waals surface area contributed by atoms with E-state index in [1.807, 2.05) is 0 Å². The van der Waals surface area contributed by atoms with E-state index >= 15 is 0 Å². The summed E-state index contributed by atoms with van der Waals surface area (Å²) in [6.07, 6.45) is 1.79. The van der Waals surface area contributed by atoms with Gasteiger partial charge >= 0.3 is 0 Å². The highest BCUT2D eigenvalue weighted by Crippen LogP contribution is 2.01. The highest BCUT2D eigenvalue weighted by Gasteiger charge is 2.21. The molecule has 0 spiro atoms. The molecule has 0 radical (unpaired) electrons. The molecule has 62 valence electrons. The topological polar surface area (TPSA) is 67.2 Å². The molecule has 1 aliphatic rings. The normalized spacial score (nSPS) is 24.0. The Bertz CT molecular complexity index is 183. The highest BCUT2D eigenvalue weighted by molar-refractivity contribution is 7.80. The summed E-state index contributed by atoms with van der Waals surface area (Å²) >= 11 is 4.62. The fourth-order valence-corrected chi connectivity index (χ4v) is 1.22. The zero-order valence-electron chi connectivity index (χ0n) is 6.09. The second kappa shape index (κ2) is 3.52. The summed E-state index contributed by atoms with van der Waals surface area (Å²) in [5, 5.41) is 5.64. The van der Waals surface area contributed by atoms with Gasteiger partial charge in [0, 0.05) is 6.54 Å². The maximum absolute atomic E-state index is 11.0. The van der Waals surface area contributed by atoms with E-state index in [1.54, 1.807) is 0 Å². The van der Waals surface area contributed by atoms with Crippen LogP contribution >= 0.6 is 12.2 Å². The van der Waals surface area contributed by atoms with E-state index in [4.69, 9.17) is 5.73 Å². The maximum atomic E-state index is 11.0. The lowest BCUT2D eigenvalue weighted by Crippen LogP contribution is -2.51. The third-order valence-electron chi connectivity index (χ3n) is 1.60. The minimum atomic E-state index is -0.221. The van der Waals surface area contributed by atoms with E-state index < -0.39 is 0 Å². The molecule has 1 fully saturated rings. The zero-order valence-corrected chi connectivity index (χ0v) is 6.91. The van der Waals surface area contributed by atoms with Crippen molar-refractivity contribution in [3.8, 4) is 0 Å². The number of hydrogen-bond acceptors (Lipinski definition) is 2. The summed E-state index contributed by atoms with van der Waals surface area (Å²) in [4.78, 5) is 11.0. The van der Waals surface area contributed by atoms with Crippen LogP contribution in [0, 0.1) is 0 Å². The summed E-state index contributed by atoms with van der Waals surface area (Å²) in [5.41, 5.74) is 5.23. The van der Waals surface area contributed by atoms with E-state index in [2.05, 4.69) is 22.9 Å². The van der Waals surface area contributed by atoms with Gasteiger partial charge in [-0.2, -0.15) is 0 Å². The number of rotatable bonds is 1. The Hall–Kier alpha value is -0.840. The SMILES string of the molecule is NC(=S)NC1CCCNC1=O. The first-order valence-corrected chi connectivity index (χ1v) is 3.94. The Morgan fingerprint density at radius 3 is 3.09 bits per heavy atom. The molecule has 1 heterocycles. The van der Waals surface area contributed by atoms with Crippen LogP contribution in [0.5, 0.6) is 0 Å². The van der Waals surface area contributed by atoms with Gasteiger partial charge in [0.2, 0.25) is 5.91 Å². The molecule has 0 saturated carbocycles. The number of nitrogens with two attached hydrogens (primary N) is 1. The van der Waals surface area contributed by atoms with Gasteiger partial charge in [0.05, 0.1) is 0 Å². The predicted octanol–water partition coefficient (Wildman–Crippen LogP) is -0.902. The van der Waals surface area contributed by atoms with Crippen molar-refractivity contribution in [2.75, 3.05) is 6.54 Å². The van der Waals surface area contributed by atoms with E-state index in [-0.39, 0.29) is 17.1 Å². The van der Waals surface area contributed by atoms with Crippen LogP contribution < -0.4 is 16.4 Å². The number of piperidine rings is 1. The van der Waals surface area contributed by atoms with Crippen molar-refractivity contribution in [3.63, 3.8) is 0 Å². The van der Waals surface area contributed by atoms with Crippen LogP contribution in [0.1, 0.15) is 12.8 Å². The molecule has 0 aliphatic carbocycles. The Balaban J connectivity index is 2.42. The van der Waals surface area contributed by atoms with Gasteiger partial charge in [0.25, 0.3) is 0 Å².